The fourth-order valence-corrected chi connectivity index (χ4v) is 2.41. The molecule has 25 heavy (non-hydrogen) atoms. The number of halogens is 1. The Bertz CT molecular complexity index is 723. The number of rotatable bonds is 7. The fraction of sp³-hybridized carbons (Fsp3) is 0.222. The van der Waals surface area contributed by atoms with Gasteiger partial charge in [0.25, 0.3) is 5.91 Å². The monoisotopic (exact) mass is 378 g/mol. The number of benzene rings is 2. The van der Waals surface area contributed by atoms with E-state index >= 15 is 0 Å². The molecule has 132 valence electrons. The van der Waals surface area contributed by atoms with Crippen molar-refractivity contribution in [3.8, 4) is 5.75 Å². The van der Waals surface area contributed by atoms with Gasteiger partial charge in [0.05, 0.1) is 17.2 Å². The molecule has 0 bridgehead atoms. The lowest BCUT2D eigenvalue weighted by molar-refractivity contribution is 0.0978. The van der Waals surface area contributed by atoms with Crippen LogP contribution in [0.1, 0.15) is 17.3 Å². The van der Waals surface area contributed by atoms with E-state index in [0.717, 1.165) is 11.4 Å². The van der Waals surface area contributed by atoms with Crippen molar-refractivity contribution in [2.24, 2.45) is 0 Å². The highest BCUT2D eigenvalue weighted by Gasteiger charge is 2.11. The summed E-state index contributed by atoms with van der Waals surface area (Å²) in [6.45, 7) is 3.65. The minimum Gasteiger partial charge on any atom is -0.491 e. The molecule has 0 fully saturated rings. The number of hydrogen-bond acceptors (Lipinski definition) is 4. The van der Waals surface area contributed by atoms with Crippen LogP contribution >= 0.6 is 23.8 Å². The molecular formula is C18H19ClN2O3S. The van der Waals surface area contributed by atoms with Crippen molar-refractivity contribution < 1.29 is 14.3 Å². The Morgan fingerprint density at radius 1 is 1.12 bits per heavy atom. The predicted molar refractivity (Wildman–Crippen MR) is 104 cm³/mol. The smallest absolute Gasteiger partial charge is 0.258 e. The molecule has 5 nitrogen and oxygen atoms in total. The van der Waals surface area contributed by atoms with Gasteiger partial charge in [-0.2, -0.15) is 0 Å². The van der Waals surface area contributed by atoms with Gasteiger partial charge in [0.2, 0.25) is 0 Å². The Morgan fingerprint density at radius 2 is 1.84 bits per heavy atom. The fourth-order valence-electron chi connectivity index (χ4n) is 1.98. The summed E-state index contributed by atoms with van der Waals surface area (Å²) >= 11 is 11.1. The summed E-state index contributed by atoms with van der Waals surface area (Å²) in [4.78, 5) is 12.1. The first-order valence-corrected chi connectivity index (χ1v) is 8.56. The Balaban J connectivity index is 1.84. The summed E-state index contributed by atoms with van der Waals surface area (Å²) in [5.41, 5.74) is 1.10. The van der Waals surface area contributed by atoms with Crippen LogP contribution in [-0.2, 0) is 4.74 Å². The SMILES string of the molecule is CCOCCOc1ccc(NC(=S)NC(=O)c2ccccc2Cl)cc1. The number of anilines is 1. The van der Waals surface area contributed by atoms with E-state index in [1.54, 1.807) is 24.3 Å². The Labute approximate surface area is 157 Å². The van der Waals surface area contributed by atoms with Crippen LogP contribution in [0.15, 0.2) is 48.5 Å². The molecule has 0 saturated carbocycles. The molecule has 1 amide bonds. The summed E-state index contributed by atoms with van der Waals surface area (Å²) in [5.74, 6) is 0.371. The molecule has 2 N–H and O–H groups in total. The maximum Gasteiger partial charge on any atom is 0.258 e. The van der Waals surface area contributed by atoms with Gasteiger partial charge in [-0.1, -0.05) is 23.7 Å². The van der Waals surface area contributed by atoms with Crippen LogP contribution in [0.2, 0.25) is 5.02 Å². The van der Waals surface area contributed by atoms with Crippen molar-refractivity contribution in [1.29, 1.82) is 0 Å². The van der Waals surface area contributed by atoms with E-state index in [1.165, 1.54) is 0 Å². The molecule has 0 spiro atoms. The maximum absolute atomic E-state index is 12.1. The predicted octanol–water partition coefficient (Wildman–Crippen LogP) is 3.88. The molecule has 0 atom stereocenters. The highest BCUT2D eigenvalue weighted by Crippen LogP contribution is 2.16. The summed E-state index contributed by atoms with van der Waals surface area (Å²) in [6, 6.07) is 14.0. The molecular weight excluding hydrogens is 360 g/mol. The van der Waals surface area contributed by atoms with Crippen LogP contribution in [0.4, 0.5) is 5.69 Å². The lowest BCUT2D eigenvalue weighted by atomic mass is 10.2. The third-order valence-electron chi connectivity index (χ3n) is 3.16. The van der Waals surface area contributed by atoms with E-state index in [4.69, 9.17) is 33.3 Å². The van der Waals surface area contributed by atoms with Crippen molar-refractivity contribution in [1.82, 2.24) is 5.32 Å². The minimum absolute atomic E-state index is 0.190. The van der Waals surface area contributed by atoms with E-state index < -0.39 is 0 Å². The molecule has 7 heteroatoms. The van der Waals surface area contributed by atoms with Crippen LogP contribution in [0, 0.1) is 0 Å². The number of thiocarbonyl (C=S) groups is 1. The number of carbonyl (C=O) groups excluding carboxylic acids is 1. The summed E-state index contributed by atoms with van der Waals surface area (Å²) < 4.78 is 10.7. The van der Waals surface area contributed by atoms with Crippen molar-refractivity contribution >= 4 is 40.5 Å². The van der Waals surface area contributed by atoms with Crippen molar-refractivity contribution in [2.45, 2.75) is 6.92 Å². The zero-order chi connectivity index (χ0) is 18.1. The number of amides is 1. The normalized spacial score (nSPS) is 10.2. The van der Waals surface area contributed by atoms with E-state index in [1.807, 2.05) is 31.2 Å². The highest BCUT2D eigenvalue weighted by molar-refractivity contribution is 7.80. The maximum atomic E-state index is 12.1. The van der Waals surface area contributed by atoms with E-state index in [-0.39, 0.29) is 11.0 Å². The Hall–Kier alpha value is -2.15. The molecule has 2 aromatic carbocycles. The van der Waals surface area contributed by atoms with Crippen LogP contribution in [0.3, 0.4) is 0 Å². The molecule has 0 saturated heterocycles. The first-order valence-electron chi connectivity index (χ1n) is 7.77. The third kappa shape index (κ3) is 6.34. The third-order valence-corrected chi connectivity index (χ3v) is 3.69. The van der Waals surface area contributed by atoms with Crippen LogP contribution in [0.25, 0.3) is 0 Å². The standard InChI is InChI=1S/C18H19ClN2O3S/c1-2-23-11-12-24-14-9-7-13(8-10-14)20-18(25)21-17(22)15-5-3-4-6-16(15)19/h3-10H,2,11-12H2,1H3,(H2,20,21,22,25). The average Bonchev–Trinajstić information content (AvgIpc) is 2.60. The molecule has 0 unspecified atom stereocenters. The van der Waals surface area contributed by atoms with Gasteiger partial charge in [0.15, 0.2) is 5.11 Å². The molecule has 0 aliphatic heterocycles. The Morgan fingerprint density at radius 3 is 2.52 bits per heavy atom. The quantitative estimate of drug-likeness (QED) is 0.565. The second kappa shape index (κ2) is 9.98. The summed E-state index contributed by atoms with van der Waals surface area (Å²) in [7, 11) is 0. The number of ether oxygens (including phenoxy) is 2. The number of nitrogens with one attached hydrogen (secondary N) is 2. The Kier molecular flexibility index (Phi) is 7.66. The molecule has 0 aliphatic rings. The molecule has 0 aromatic heterocycles. The van der Waals surface area contributed by atoms with Crippen LogP contribution < -0.4 is 15.4 Å². The average molecular weight is 379 g/mol. The summed E-state index contributed by atoms with van der Waals surface area (Å²) in [6.07, 6.45) is 0. The van der Waals surface area contributed by atoms with Crippen LogP contribution in [0.5, 0.6) is 5.75 Å². The van der Waals surface area contributed by atoms with E-state index in [0.29, 0.717) is 30.4 Å². The van der Waals surface area contributed by atoms with Crippen molar-refractivity contribution in [2.75, 3.05) is 25.1 Å². The van der Waals surface area contributed by atoms with Gasteiger partial charge in [0.1, 0.15) is 12.4 Å². The highest BCUT2D eigenvalue weighted by atomic mass is 35.5. The second-order valence-electron chi connectivity index (χ2n) is 4.96. The summed E-state index contributed by atoms with van der Waals surface area (Å²) in [5, 5.41) is 6.10. The van der Waals surface area contributed by atoms with Gasteiger partial charge in [-0.15, -0.1) is 0 Å². The van der Waals surface area contributed by atoms with Gasteiger partial charge in [-0.05, 0) is 55.5 Å². The molecule has 2 aromatic rings. The lowest BCUT2D eigenvalue weighted by Crippen LogP contribution is -2.34. The van der Waals surface area contributed by atoms with E-state index in [9.17, 15) is 4.79 Å². The molecule has 0 radical (unpaired) electrons. The first kappa shape index (κ1) is 19.2. The zero-order valence-electron chi connectivity index (χ0n) is 13.8. The number of carbonyl (C=O) groups is 1. The van der Waals surface area contributed by atoms with Crippen LogP contribution in [-0.4, -0.2) is 30.8 Å². The molecule has 0 heterocycles. The van der Waals surface area contributed by atoms with Gasteiger partial charge in [-0.3, -0.25) is 10.1 Å². The molecule has 0 aliphatic carbocycles. The second-order valence-corrected chi connectivity index (χ2v) is 5.77. The topological polar surface area (TPSA) is 59.6 Å². The van der Waals surface area contributed by atoms with Crippen molar-refractivity contribution in [3.63, 3.8) is 0 Å². The lowest BCUT2D eigenvalue weighted by Gasteiger charge is -2.11. The van der Waals surface area contributed by atoms with E-state index in [2.05, 4.69) is 10.6 Å². The van der Waals surface area contributed by atoms with Gasteiger partial charge in [0, 0.05) is 12.3 Å². The zero-order valence-corrected chi connectivity index (χ0v) is 15.3. The number of hydrogen-bond donors (Lipinski definition) is 2. The van der Waals surface area contributed by atoms with Gasteiger partial charge >= 0.3 is 0 Å². The first-order chi connectivity index (χ1) is 12.1. The minimum atomic E-state index is -0.362. The van der Waals surface area contributed by atoms with Gasteiger partial charge in [-0.25, -0.2) is 0 Å². The van der Waals surface area contributed by atoms with Gasteiger partial charge < -0.3 is 14.8 Å². The van der Waals surface area contributed by atoms with Crippen molar-refractivity contribution in [3.05, 3.63) is 59.1 Å². The molecule has 2 rings (SSSR count). The largest absolute Gasteiger partial charge is 0.491 e.